The van der Waals surface area contributed by atoms with E-state index in [1.54, 1.807) is 0 Å². The average molecular weight is 1140 g/mol. The zero-order valence-electron chi connectivity index (χ0n) is 49.0. The van der Waals surface area contributed by atoms with Crippen molar-refractivity contribution < 1.29 is 19.1 Å². The minimum atomic E-state index is 0.0317. The summed E-state index contributed by atoms with van der Waals surface area (Å²) in [4.78, 5) is 65.2. The van der Waals surface area contributed by atoms with E-state index < -0.39 is 0 Å². The molecule has 6 aromatic carbocycles. The SMILES string of the molecule is CN1CCN(c2ccc3[nH]c(-c4ccc5c(c4)CCC(c4cccc(OCCCC(=O)NCCCNCCCCNC(=O)CCCOc6cccc(-c7nc8ccc(-c9nc%10cc(N%11CCN(C)CC%11)ccc%10[nH]9)cc8[nH]7)c6)c4)=N5)nc3c2)CC1. The normalized spacial score (nSPS) is 14.9. The van der Waals surface area contributed by atoms with Gasteiger partial charge in [0, 0.05) is 112 Å². The standard InChI is InChI=1S/C67H78N14O4/c1-78-30-34-80(35-31-78)51-19-24-58-61(44-51)76-66(73-58)49-17-22-56-47(40-49)16-21-55(71-56)46-10-5-12-53(41-46)84-38-8-15-64(83)70-29-9-27-68-26-3-4-28-69-63(82)14-7-39-85-54-13-6-11-48(42-54)65-72-57-23-18-50(43-60(57)75-65)67-74-59-25-20-52(45-62(59)77-67)81-36-32-79(2)33-37-81/h5-6,10-13,17-20,22-25,40-45,68H,3-4,7-9,14-16,21,26-39H2,1-2H3,(H,69,82)(H,70,83)(H,72,75)(H,73,76)(H,74,77). The van der Waals surface area contributed by atoms with Gasteiger partial charge in [0.2, 0.25) is 11.8 Å². The fourth-order valence-corrected chi connectivity index (χ4v) is 11.5. The van der Waals surface area contributed by atoms with E-state index in [0.29, 0.717) is 52.0 Å². The molecule has 0 aliphatic carbocycles. The summed E-state index contributed by atoms with van der Waals surface area (Å²) >= 11 is 0. The number of ether oxygens (including phenoxy) is 2. The molecule has 6 heterocycles. The van der Waals surface area contributed by atoms with Crippen LogP contribution in [0.3, 0.4) is 0 Å². The van der Waals surface area contributed by atoms with Gasteiger partial charge in [0.1, 0.15) is 29.0 Å². The number of amides is 2. The highest BCUT2D eigenvalue weighted by molar-refractivity contribution is 6.03. The molecule has 2 fully saturated rings. The van der Waals surface area contributed by atoms with Crippen molar-refractivity contribution in [2.24, 2.45) is 4.99 Å². The van der Waals surface area contributed by atoms with Gasteiger partial charge in [0.15, 0.2) is 0 Å². The molecule has 440 valence electrons. The van der Waals surface area contributed by atoms with E-state index in [1.807, 2.05) is 42.5 Å². The molecular formula is C67H78N14O4. The van der Waals surface area contributed by atoms with E-state index in [4.69, 9.17) is 29.4 Å². The number of carbonyl (C=O) groups excluding carboxylic acids is 2. The highest BCUT2D eigenvalue weighted by Crippen LogP contribution is 2.34. The number of aryl methyl sites for hydroxylation is 1. The van der Waals surface area contributed by atoms with Gasteiger partial charge in [0.05, 0.1) is 52.0 Å². The molecule has 12 rings (SSSR count). The van der Waals surface area contributed by atoms with Gasteiger partial charge in [-0.3, -0.25) is 14.6 Å². The number of aromatic nitrogens is 6. The lowest BCUT2D eigenvalue weighted by atomic mass is 9.96. The first kappa shape index (κ1) is 56.9. The zero-order valence-corrected chi connectivity index (χ0v) is 49.0. The number of anilines is 2. The van der Waals surface area contributed by atoms with Gasteiger partial charge >= 0.3 is 0 Å². The predicted molar refractivity (Wildman–Crippen MR) is 341 cm³/mol. The van der Waals surface area contributed by atoms with Crippen LogP contribution in [0.15, 0.2) is 126 Å². The van der Waals surface area contributed by atoms with Crippen molar-refractivity contribution in [1.82, 2.24) is 55.7 Å². The summed E-state index contributed by atoms with van der Waals surface area (Å²) in [6.07, 6.45) is 6.48. The summed E-state index contributed by atoms with van der Waals surface area (Å²) in [7, 11) is 4.35. The Hall–Kier alpha value is -8.58. The van der Waals surface area contributed by atoms with E-state index in [-0.39, 0.29) is 11.8 Å². The molecule has 3 aromatic heterocycles. The number of likely N-dealkylation sites (N-methyl/N-ethyl adjacent to an activating group) is 2. The Morgan fingerprint density at radius 3 is 1.64 bits per heavy atom. The molecule has 9 aromatic rings. The molecule has 18 heteroatoms. The topological polar surface area (TPSA) is 200 Å². The monoisotopic (exact) mass is 1140 g/mol. The summed E-state index contributed by atoms with van der Waals surface area (Å²) < 4.78 is 12.2. The number of benzene rings is 6. The highest BCUT2D eigenvalue weighted by atomic mass is 16.5. The van der Waals surface area contributed by atoms with Crippen LogP contribution in [0.1, 0.15) is 62.5 Å². The molecular weight excluding hydrogens is 1060 g/mol. The summed E-state index contributed by atoms with van der Waals surface area (Å²) in [6.45, 7) is 12.2. The van der Waals surface area contributed by atoms with Crippen molar-refractivity contribution in [3.8, 4) is 45.7 Å². The first-order valence-electron chi connectivity index (χ1n) is 30.5. The van der Waals surface area contributed by atoms with Gasteiger partial charge in [0.25, 0.3) is 0 Å². The Morgan fingerprint density at radius 2 is 1.00 bits per heavy atom. The molecule has 85 heavy (non-hydrogen) atoms. The number of nitrogens with zero attached hydrogens (tertiary/aromatic N) is 8. The maximum absolute atomic E-state index is 12.6. The third-order valence-electron chi connectivity index (χ3n) is 16.5. The minimum Gasteiger partial charge on any atom is -0.494 e. The third-order valence-corrected chi connectivity index (χ3v) is 16.5. The maximum atomic E-state index is 12.6. The fraction of sp³-hybridized carbons (Fsp3) is 0.373. The van der Waals surface area contributed by atoms with E-state index in [0.717, 1.165) is 193 Å². The van der Waals surface area contributed by atoms with Gasteiger partial charge < -0.3 is 60.0 Å². The summed E-state index contributed by atoms with van der Waals surface area (Å²) in [6, 6.07) is 41.7. The number of unbranched alkanes of at least 4 members (excludes halogenated alkanes) is 1. The summed E-state index contributed by atoms with van der Waals surface area (Å²) in [5.41, 5.74) is 15.5. The second kappa shape index (κ2) is 27.0. The number of aromatic amines is 3. The fourth-order valence-electron chi connectivity index (χ4n) is 11.5. The van der Waals surface area contributed by atoms with E-state index in [2.05, 4.69) is 143 Å². The van der Waals surface area contributed by atoms with Crippen LogP contribution in [-0.4, -0.2) is 163 Å². The molecule has 18 nitrogen and oxygen atoms in total. The molecule has 3 aliphatic heterocycles. The van der Waals surface area contributed by atoms with Crippen molar-refractivity contribution >= 4 is 67.7 Å². The number of nitrogens with one attached hydrogen (secondary N) is 6. The molecule has 0 bridgehead atoms. The predicted octanol–water partition coefficient (Wildman–Crippen LogP) is 9.90. The van der Waals surface area contributed by atoms with E-state index in [1.165, 1.54) is 16.9 Å². The largest absolute Gasteiger partial charge is 0.494 e. The second-order valence-corrected chi connectivity index (χ2v) is 22.8. The lowest BCUT2D eigenvalue weighted by Gasteiger charge is -2.34. The van der Waals surface area contributed by atoms with Gasteiger partial charge in [-0.05, 0) is 180 Å². The van der Waals surface area contributed by atoms with Gasteiger partial charge in [-0.25, -0.2) is 15.0 Å². The lowest BCUT2D eigenvalue weighted by molar-refractivity contribution is -0.122. The van der Waals surface area contributed by atoms with Crippen LogP contribution < -0.4 is 35.2 Å². The number of rotatable bonds is 25. The van der Waals surface area contributed by atoms with Crippen LogP contribution in [0.4, 0.5) is 17.1 Å². The summed E-state index contributed by atoms with van der Waals surface area (Å²) in [5.74, 6) is 4.04. The Labute approximate surface area is 496 Å². The number of hydrogen-bond donors (Lipinski definition) is 6. The average Bonchev–Trinajstić information content (AvgIpc) is 4.48. The number of piperazine rings is 2. The van der Waals surface area contributed by atoms with Crippen molar-refractivity contribution in [3.63, 3.8) is 0 Å². The number of H-pyrrole nitrogens is 3. The quantitative estimate of drug-likeness (QED) is 0.0297. The Bertz CT molecular complexity index is 3790. The van der Waals surface area contributed by atoms with Crippen LogP contribution in [0.2, 0.25) is 0 Å². The van der Waals surface area contributed by atoms with E-state index in [9.17, 15) is 9.59 Å². The van der Waals surface area contributed by atoms with Crippen molar-refractivity contribution in [3.05, 3.63) is 132 Å². The van der Waals surface area contributed by atoms with Gasteiger partial charge in [-0.2, -0.15) is 0 Å². The van der Waals surface area contributed by atoms with Crippen LogP contribution in [0, 0.1) is 0 Å². The van der Waals surface area contributed by atoms with Crippen LogP contribution in [-0.2, 0) is 16.0 Å². The molecule has 0 spiro atoms. The second-order valence-electron chi connectivity index (χ2n) is 22.8. The van der Waals surface area contributed by atoms with Crippen LogP contribution >= 0.6 is 0 Å². The maximum Gasteiger partial charge on any atom is 0.220 e. The van der Waals surface area contributed by atoms with Crippen molar-refractivity contribution in [1.29, 1.82) is 0 Å². The number of aliphatic imine (C=N–C) groups is 1. The minimum absolute atomic E-state index is 0.0317. The van der Waals surface area contributed by atoms with Gasteiger partial charge in [-0.15, -0.1) is 0 Å². The zero-order chi connectivity index (χ0) is 57.9. The Balaban J connectivity index is 0.488. The van der Waals surface area contributed by atoms with Crippen molar-refractivity contribution in [2.45, 2.75) is 57.8 Å². The Kier molecular flexibility index (Phi) is 18.1. The molecule has 2 amide bonds. The molecule has 3 aliphatic rings. The first-order chi connectivity index (χ1) is 41.7. The molecule has 0 saturated carbocycles. The third kappa shape index (κ3) is 14.5. The number of carbonyl (C=O) groups is 2. The van der Waals surface area contributed by atoms with E-state index >= 15 is 0 Å². The van der Waals surface area contributed by atoms with Crippen LogP contribution in [0.25, 0.3) is 67.3 Å². The molecule has 0 unspecified atom stereocenters. The molecule has 0 radical (unpaired) electrons. The smallest absolute Gasteiger partial charge is 0.220 e. The Morgan fingerprint density at radius 1 is 0.482 bits per heavy atom. The number of hydrogen-bond acceptors (Lipinski definition) is 13. The summed E-state index contributed by atoms with van der Waals surface area (Å²) in [5, 5.41) is 9.53. The van der Waals surface area contributed by atoms with Gasteiger partial charge in [-0.1, -0.05) is 24.3 Å². The van der Waals surface area contributed by atoms with Crippen LogP contribution in [0.5, 0.6) is 11.5 Å². The lowest BCUT2D eigenvalue weighted by Crippen LogP contribution is -2.44. The first-order valence-corrected chi connectivity index (χ1v) is 30.5. The molecule has 0 atom stereocenters. The van der Waals surface area contributed by atoms with Crippen molar-refractivity contribution in [2.75, 3.05) is 116 Å². The molecule has 2 saturated heterocycles. The molecule has 6 N–H and O–H groups in total. The number of fused-ring (bicyclic) bond motifs is 4. The number of imidazole rings is 3. The highest BCUT2D eigenvalue weighted by Gasteiger charge is 2.20.